The van der Waals surface area contributed by atoms with Crippen molar-refractivity contribution in [1.29, 1.82) is 0 Å². The van der Waals surface area contributed by atoms with Crippen molar-refractivity contribution >= 4 is 34.4 Å². The summed E-state index contributed by atoms with van der Waals surface area (Å²) in [5.74, 6) is 0.332. The van der Waals surface area contributed by atoms with Gasteiger partial charge in [-0.1, -0.05) is 123 Å². The molecule has 1 N–H and O–H groups in total. The van der Waals surface area contributed by atoms with Crippen molar-refractivity contribution in [1.82, 2.24) is 14.8 Å². The first-order valence-electron chi connectivity index (χ1n) is 12.9. The van der Waals surface area contributed by atoms with Gasteiger partial charge in [-0.2, -0.15) is 5.10 Å². The van der Waals surface area contributed by atoms with Crippen LogP contribution in [-0.2, 0) is 5.54 Å². The summed E-state index contributed by atoms with van der Waals surface area (Å²) in [5.41, 5.74) is 2.62. The molecule has 0 atom stereocenters. The summed E-state index contributed by atoms with van der Waals surface area (Å²) in [6.07, 6.45) is 1.22. The Morgan fingerprint density at radius 2 is 1.36 bits per heavy atom. The highest BCUT2D eigenvalue weighted by atomic mass is 35.5. The summed E-state index contributed by atoms with van der Waals surface area (Å²) in [7, 11) is 0. The van der Waals surface area contributed by atoms with Crippen LogP contribution in [0.4, 0.5) is 10.6 Å². The van der Waals surface area contributed by atoms with Gasteiger partial charge in [-0.25, -0.2) is 14.5 Å². The normalized spacial score (nSPS) is 12.0. The molecule has 2 aromatic heterocycles. The fourth-order valence-corrected chi connectivity index (χ4v) is 5.22. The average Bonchev–Trinajstić information content (AvgIpc) is 3.29. The summed E-state index contributed by atoms with van der Waals surface area (Å²) in [6, 6.07) is 32.2. The van der Waals surface area contributed by atoms with Crippen LogP contribution in [0.25, 0.3) is 10.9 Å². The van der Waals surface area contributed by atoms with Gasteiger partial charge in [0.25, 0.3) is 0 Å². The van der Waals surface area contributed by atoms with Gasteiger partial charge in [-0.05, 0) is 28.5 Å². The lowest BCUT2D eigenvalue weighted by Gasteiger charge is -2.37. The van der Waals surface area contributed by atoms with Crippen molar-refractivity contribution in [3.05, 3.63) is 125 Å². The molecule has 0 aliphatic carbocycles. The largest absolute Gasteiger partial charge is 0.465 e. The first kappa shape index (κ1) is 26.4. The number of nitrogens with zero attached hydrogens (tertiary/aromatic N) is 4. The van der Waals surface area contributed by atoms with E-state index in [0.717, 1.165) is 16.7 Å². The van der Waals surface area contributed by atoms with Crippen molar-refractivity contribution in [3.63, 3.8) is 0 Å². The van der Waals surface area contributed by atoms with E-state index in [9.17, 15) is 9.90 Å². The number of anilines is 1. The minimum absolute atomic E-state index is 0.0600. The maximum Gasteiger partial charge on any atom is 0.413 e. The van der Waals surface area contributed by atoms with E-state index in [2.05, 4.69) is 62.2 Å². The van der Waals surface area contributed by atoms with Crippen LogP contribution >= 0.6 is 11.6 Å². The molecular weight excluding hydrogens is 508 g/mol. The molecule has 6 nitrogen and oxygen atoms in total. The molecule has 1 amide bonds. The van der Waals surface area contributed by atoms with Crippen LogP contribution in [0.3, 0.4) is 0 Å². The number of aromatic nitrogens is 3. The Labute approximate surface area is 233 Å². The van der Waals surface area contributed by atoms with E-state index in [4.69, 9.17) is 16.7 Å². The average molecular weight is 539 g/mol. The van der Waals surface area contributed by atoms with Crippen LogP contribution < -0.4 is 4.90 Å². The third kappa shape index (κ3) is 5.00. The van der Waals surface area contributed by atoms with Crippen molar-refractivity contribution in [3.8, 4) is 0 Å². The number of pyridine rings is 1. The number of halogens is 1. The van der Waals surface area contributed by atoms with Crippen molar-refractivity contribution in [2.75, 3.05) is 11.4 Å². The summed E-state index contributed by atoms with van der Waals surface area (Å²) < 4.78 is 1.91. The number of rotatable bonds is 7. The van der Waals surface area contributed by atoms with E-state index in [1.807, 2.05) is 59.3 Å². The van der Waals surface area contributed by atoms with Crippen LogP contribution in [0.15, 0.2) is 103 Å². The molecule has 0 radical (unpaired) electrons. The molecule has 7 heteroatoms. The van der Waals surface area contributed by atoms with Crippen molar-refractivity contribution < 1.29 is 9.90 Å². The Balaban J connectivity index is 1.90. The maximum absolute atomic E-state index is 12.6. The Kier molecular flexibility index (Phi) is 7.15. The molecular formula is C32H31ClN4O2. The van der Waals surface area contributed by atoms with Gasteiger partial charge in [0.1, 0.15) is 10.7 Å². The zero-order valence-corrected chi connectivity index (χ0v) is 23.0. The molecule has 2 heterocycles. The van der Waals surface area contributed by atoms with Gasteiger partial charge in [-0.15, -0.1) is 0 Å². The first-order chi connectivity index (χ1) is 18.7. The Morgan fingerprint density at radius 1 is 0.872 bits per heavy atom. The SMILES string of the molecule is CC(C)(C)CCN(C(=O)O)c1nn(C(c2ccccc2)(c2ccccc2)c2ccccc2)c2cc(Cl)ncc12. The standard InChI is InChI=1S/C32H31ClN4O2/c1-31(2,3)19-20-36(30(38)39)29-26-22-34-28(33)21-27(26)37(35-29)32(23-13-7-4-8-14-23,24-15-9-5-10-16-24)25-17-11-6-12-18-25/h4-18,21-22H,19-20H2,1-3H3,(H,38,39). The third-order valence-corrected chi connectivity index (χ3v) is 7.18. The molecule has 198 valence electrons. The molecule has 0 saturated carbocycles. The monoisotopic (exact) mass is 538 g/mol. The zero-order chi connectivity index (χ0) is 27.6. The van der Waals surface area contributed by atoms with Gasteiger partial charge in [0, 0.05) is 18.8 Å². The fraction of sp³-hybridized carbons (Fsp3) is 0.219. The summed E-state index contributed by atoms with van der Waals surface area (Å²) in [4.78, 5) is 18.3. The Hall–Kier alpha value is -4.16. The van der Waals surface area contributed by atoms with Gasteiger partial charge in [0.15, 0.2) is 5.82 Å². The van der Waals surface area contributed by atoms with Crippen LogP contribution in [0.1, 0.15) is 43.9 Å². The second kappa shape index (κ2) is 10.5. The first-order valence-corrected chi connectivity index (χ1v) is 13.3. The topological polar surface area (TPSA) is 71.2 Å². The maximum atomic E-state index is 12.6. The predicted molar refractivity (Wildman–Crippen MR) is 157 cm³/mol. The molecule has 0 fully saturated rings. The van der Waals surface area contributed by atoms with Gasteiger partial charge in [-0.3, -0.25) is 4.90 Å². The number of carbonyl (C=O) groups is 1. The third-order valence-electron chi connectivity index (χ3n) is 6.98. The van der Waals surface area contributed by atoms with Gasteiger partial charge >= 0.3 is 6.09 Å². The smallest absolute Gasteiger partial charge is 0.413 e. The molecule has 0 spiro atoms. The molecule has 39 heavy (non-hydrogen) atoms. The molecule has 0 saturated heterocycles. The van der Waals surface area contributed by atoms with Gasteiger partial charge < -0.3 is 5.11 Å². The Morgan fingerprint density at radius 3 is 1.79 bits per heavy atom. The highest BCUT2D eigenvalue weighted by Gasteiger charge is 2.41. The molecule has 0 aliphatic rings. The van der Waals surface area contributed by atoms with Crippen LogP contribution in [-0.4, -0.2) is 32.5 Å². The van der Waals surface area contributed by atoms with Crippen LogP contribution in [0.2, 0.25) is 5.15 Å². The lowest BCUT2D eigenvalue weighted by molar-refractivity contribution is 0.200. The van der Waals surface area contributed by atoms with E-state index in [1.54, 1.807) is 12.3 Å². The summed E-state index contributed by atoms with van der Waals surface area (Å²) in [5, 5.41) is 16.4. The second-order valence-electron chi connectivity index (χ2n) is 10.8. The number of carboxylic acid groups (broad SMARTS) is 1. The predicted octanol–water partition coefficient (Wildman–Crippen LogP) is 7.85. The summed E-state index contributed by atoms with van der Waals surface area (Å²) in [6.45, 7) is 6.57. The van der Waals surface area contributed by atoms with E-state index < -0.39 is 11.6 Å². The van der Waals surface area contributed by atoms with Crippen molar-refractivity contribution in [2.24, 2.45) is 5.41 Å². The van der Waals surface area contributed by atoms with E-state index >= 15 is 0 Å². The van der Waals surface area contributed by atoms with E-state index in [-0.39, 0.29) is 5.41 Å². The molecule has 0 aliphatic heterocycles. The highest BCUT2D eigenvalue weighted by Crippen LogP contribution is 2.44. The zero-order valence-electron chi connectivity index (χ0n) is 22.3. The van der Waals surface area contributed by atoms with E-state index in [1.165, 1.54) is 4.90 Å². The highest BCUT2D eigenvalue weighted by molar-refractivity contribution is 6.30. The lowest BCUT2D eigenvalue weighted by atomic mass is 9.77. The molecule has 0 unspecified atom stereocenters. The second-order valence-corrected chi connectivity index (χ2v) is 11.2. The molecule has 5 aromatic rings. The van der Waals surface area contributed by atoms with Crippen LogP contribution in [0, 0.1) is 5.41 Å². The Bertz CT molecular complexity index is 1480. The van der Waals surface area contributed by atoms with Crippen LogP contribution in [0.5, 0.6) is 0 Å². The number of hydrogen-bond donors (Lipinski definition) is 1. The van der Waals surface area contributed by atoms with Gasteiger partial charge in [0.05, 0.1) is 10.9 Å². The quantitative estimate of drug-likeness (QED) is 0.169. The minimum atomic E-state index is -1.06. The number of fused-ring (bicyclic) bond motifs is 1. The number of hydrogen-bond acceptors (Lipinski definition) is 3. The van der Waals surface area contributed by atoms with E-state index in [0.29, 0.717) is 34.8 Å². The summed E-state index contributed by atoms with van der Waals surface area (Å²) >= 11 is 6.47. The van der Waals surface area contributed by atoms with Crippen molar-refractivity contribution in [2.45, 2.75) is 32.7 Å². The van der Waals surface area contributed by atoms with Gasteiger partial charge in [0.2, 0.25) is 0 Å². The minimum Gasteiger partial charge on any atom is -0.465 e. The molecule has 3 aromatic carbocycles. The fourth-order valence-electron chi connectivity index (χ4n) is 5.07. The lowest BCUT2D eigenvalue weighted by Crippen LogP contribution is -2.39. The number of benzene rings is 3. The number of amides is 1. The molecule has 0 bridgehead atoms. The molecule has 5 rings (SSSR count).